The molecule has 4 unspecified atom stereocenters. The average Bonchev–Trinajstić information content (AvgIpc) is 2.74. The minimum atomic E-state index is -0.924. The maximum absolute atomic E-state index is 10.7. The van der Waals surface area contributed by atoms with Crippen molar-refractivity contribution in [3.05, 3.63) is 0 Å². The van der Waals surface area contributed by atoms with E-state index in [0.717, 1.165) is 19.3 Å². The van der Waals surface area contributed by atoms with Crippen LogP contribution < -0.4 is 0 Å². The van der Waals surface area contributed by atoms with Crippen molar-refractivity contribution < 1.29 is 9.84 Å². The molecule has 0 amide bonds. The van der Waals surface area contributed by atoms with Gasteiger partial charge in [-0.15, -0.1) is 0 Å². The molecular formula is C12H19NO2. The van der Waals surface area contributed by atoms with Crippen LogP contribution in [0.1, 0.15) is 39.5 Å². The van der Waals surface area contributed by atoms with E-state index >= 15 is 0 Å². The van der Waals surface area contributed by atoms with Crippen LogP contribution in [-0.2, 0) is 4.74 Å². The topological polar surface area (TPSA) is 53.2 Å². The Hall–Kier alpha value is -0.590. The molecule has 0 aromatic heterocycles. The molecule has 15 heavy (non-hydrogen) atoms. The molecule has 2 fully saturated rings. The van der Waals surface area contributed by atoms with E-state index in [4.69, 9.17) is 4.74 Å². The van der Waals surface area contributed by atoms with Crippen LogP contribution in [0.2, 0.25) is 0 Å². The lowest BCUT2D eigenvalue weighted by Gasteiger charge is -2.39. The lowest BCUT2D eigenvalue weighted by molar-refractivity contribution is -0.0965. The molecule has 2 rings (SSSR count). The van der Waals surface area contributed by atoms with Crippen LogP contribution in [0.4, 0.5) is 0 Å². The zero-order valence-corrected chi connectivity index (χ0v) is 9.49. The number of hydrogen-bond acceptors (Lipinski definition) is 3. The van der Waals surface area contributed by atoms with Crippen LogP contribution in [0, 0.1) is 22.7 Å². The van der Waals surface area contributed by atoms with E-state index in [1.807, 2.05) is 6.92 Å². The first-order valence-electron chi connectivity index (χ1n) is 5.79. The molecule has 1 aliphatic heterocycles. The van der Waals surface area contributed by atoms with Gasteiger partial charge in [0, 0.05) is 13.0 Å². The van der Waals surface area contributed by atoms with Crippen LogP contribution in [0.25, 0.3) is 0 Å². The van der Waals surface area contributed by atoms with Crippen molar-refractivity contribution in [2.45, 2.75) is 51.2 Å². The molecule has 2 aliphatic rings. The standard InChI is InChI=1S/C12H19NO2/c1-9-3-4-11(7-9,8-13)12(14)5-6-15-10(12)2/h9-10,14H,3-7H2,1-2H3. The second-order valence-corrected chi connectivity index (χ2v) is 5.23. The summed E-state index contributed by atoms with van der Waals surface area (Å²) in [4.78, 5) is 0. The number of nitriles is 1. The average molecular weight is 209 g/mol. The fourth-order valence-corrected chi connectivity index (χ4v) is 3.24. The Morgan fingerprint density at radius 1 is 1.40 bits per heavy atom. The van der Waals surface area contributed by atoms with Crippen LogP contribution in [0.3, 0.4) is 0 Å². The monoisotopic (exact) mass is 209 g/mol. The number of nitrogens with zero attached hydrogens (tertiary/aromatic N) is 1. The minimum absolute atomic E-state index is 0.206. The number of hydrogen-bond donors (Lipinski definition) is 1. The van der Waals surface area contributed by atoms with Crippen LogP contribution >= 0.6 is 0 Å². The van der Waals surface area contributed by atoms with Gasteiger partial charge in [0.1, 0.15) is 5.60 Å². The molecule has 1 heterocycles. The summed E-state index contributed by atoms with van der Waals surface area (Å²) >= 11 is 0. The van der Waals surface area contributed by atoms with Gasteiger partial charge in [-0.3, -0.25) is 0 Å². The second kappa shape index (κ2) is 3.47. The minimum Gasteiger partial charge on any atom is -0.385 e. The Morgan fingerprint density at radius 2 is 2.13 bits per heavy atom. The molecule has 3 heteroatoms. The highest BCUT2D eigenvalue weighted by Crippen LogP contribution is 2.53. The first kappa shape index (κ1) is 10.9. The molecule has 0 radical (unpaired) electrons. The summed E-state index contributed by atoms with van der Waals surface area (Å²) in [5.41, 5.74) is -1.49. The Labute approximate surface area is 91.0 Å². The molecule has 1 saturated heterocycles. The van der Waals surface area contributed by atoms with Gasteiger partial charge in [0.15, 0.2) is 0 Å². The van der Waals surface area contributed by atoms with Crippen molar-refractivity contribution >= 4 is 0 Å². The molecule has 1 aliphatic carbocycles. The third kappa shape index (κ3) is 1.39. The van der Waals surface area contributed by atoms with E-state index in [0.29, 0.717) is 18.9 Å². The summed E-state index contributed by atoms with van der Waals surface area (Å²) < 4.78 is 5.44. The van der Waals surface area contributed by atoms with Crippen molar-refractivity contribution in [3.8, 4) is 6.07 Å². The maximum atomic E-state index is 10.7. The number of rotatable bonds is 1. The zero-order valence-electron chi connectivity index (χ0n) is 9.49. The summed E-state index contributed by atoms with van der Waals surface area (Å²) in [5.74, 6) is 0.543. The summed E-state index contributed by atoms with van der Waals surface area (Å²) in [6.45, 7) is 4.62. The van der Waals surface area contributed by atoms with E-state index in [9.17, 15) is 10.4 Å². The molecule has 0 aromatic carbocycles. The Kier molecular flexibility index (Phi) is 2.52. The number of ether oxygens (including phenoxy) is 1. The van der Waals surface area contributed by atoms with Crippen LogP contribution in [-0.4, -0.2) is 23.4 Å². The van der Waals surface area contributed by atoms with Crippen molar-refractivity contribution in [2.24, 2.45) is 11.3 Å². The largest absolute Gasteiger partial charge is 0.385 e. The van der Waals surface area contributed by atoms with Gasteiger partial charge in [0.2, 0.25) is 0 Å². The molecule has 0 bridgehead atoms. The van der Waals surface area contributed by atoms with E-state index < -0.39 is 11.0 Å². The smallest absolute Gasteiger partial charge is 0.111 e. The highest BCUT2D eigenvalue weighted by atomic mass is 16.5. The summed E-state index contributed by atoms with van der Waals surface area (Å²) in [5, 5.41) is 20.1. The van der Waals surface area contributed by atoms with Gasteiger partial charge < -0.3 is 9.84 Å². The quantitative estimate of drug-likeness (QED) is 0.717. The molecule has 0 aromatic rings. The van der Waals surface area contributed by atoms with E-state index in [1.165, 1.54) is 0 Å². The van der Waals surface area contributed by atoms with Gasteiger partial charge in [-0.1, -0.05) is 6.92 Å². The molecule has 84 valence electrons. The molecule has 1 N–H and O–H groups in total. The molecule has 3 nitrogen and oxygen atoms in total. The fourth-order valence-electron chi connectivity index (χ4n) is 3.24. The lowest BCUT2D eigenvalue weighted by Crippen LogP contribution is -2.51. The normalized spacial score (nSPS) is 50.5. The van der Waals surface area contributed by atoms with Crippen molar-refractivity contribution in [3.63, 3.8) is 0 Å². The zero-order chi connectivity index (χ0) is 11.1. The predicted octanol–water partition coefficient (Wildman–Crippen LogP) is 1.86. The van der Waals surface area contributed by atoms with Crippen LogP contribution in [0.15, 0.2) is 0 Å². The highest BCUT2D eigenvalue weighted by molar-refractivity contribution is 5.17. The third-order valence-electron chi connectivity index (χ3n) is 4.33. The van der Waals surface area contributed by atoms with Gasteiger partial charge in [0.25, 0.3) is 0 Å². The summed E-state index contributed by atoms with van der Waals surface area (Å²) in [6, 6.07) is 2.39. The lowest BCUT2D eigenvalue weighted by atomic mass is 9.68. The summed E-state index contributed by atoms with van der Waals surface area (Å²) in [7, 11) is 0. The SMILES string of the molecule is CC1CCC(C#N)(C2(O)CCOC2C)C1. The molecule has 1 saturated carbocycles. The van der Waals surface area contributed by atoms with Crippen molar-refractivity contribution in [1.82, 2.24) is 0 Å². The Balaban J connectivity index is 2.31. The van der Waals surface area contributed by atoms with Crippen molar-refractivity contribution in [2.75, 3.05) is 6.61 Å². The van der Waals surface area contributed by atoms with Gasteiger partial charge in [0.05, 0.1) is 17.6 Å². The number of aliphatic hydroxyl groups is 1. The Bertz CT molecular complexity index is 298. The molecule has 4 atom stereocenters. The van der Waals surface area contributed by atoms with E-state index in [1.54, 1.807) is 0 Å². The van der Waals surface area contributed by atoms with E-state index in [-0.39, 0.29) is 6.10 Å². The molecular weight excluding hydrogens is 190 g/mol. The van der Waals surface area contributed by atoms with Crippen molar-refractivity contribution in [1.29, 1.82) is 5.26 Å². The third-order valence-corrected chi connectivity index (χ3v) is 4.33. The summed E-state index contributed by atoms with van der Waals surface area (Å²) in [6.07, 6.45) is 3.07. The van der Waals surface area contributed by atoms with Gasteiger partial charge in [-0.2, -0.15) is 5.26 Å². The van der Waals surface area contributed by atoms with Gasteiger partial charge in [-0.05, 0) is 32.1 Å². The second-order valence-electron chi connectivity index (χ2n) is 5.23. The van der Waals surface area contributed by atoms with Gasteiger partial charge >= 0.3 is 0 Å². The van der Waals surface area contributed by atoms with Gasteiger partial charge in [-0.25, -0.2) is 0 Å². The van der Waals surface area contributed by atoms with E-state index in [2.05, 4.69) is 13.0 Å². The first-order chi connectivity index (χ1) is 7.04. The fraction of sp³-hybridized carbons (Fsp3) is 0.917. The maximum Gasteiger partial charge on any atom is 0.111 e. The highest BCUT2D eigenvalue weighted by Gasteiger charge is 2.59. The first-order valence-corrected chi connectivity index (χ1v) is 5.79. The Morgan fingerprint density at radius 3 is 2.53 bits per heavy atom. The molecule has 0 spiro atoms. The van der Waals surface area contributed by atoms with Crippen LogP contribution in [0.5, 0.6) is 0 Å². The predicted molar refractivity (Wildman–Crippen MR) is 56.0 cm³/mol.